The Bertz CT molecular complexity index is 832. The van der Waals surface area contributed by atoms with Gasteiger partial charge in [0.05, 0.1) is 0 Å². The van der Waals surface area contributed by atoms with Gasteiger partial charge >= 0.3 is 0 Å². The molecule has 4 rings (SSSR count). The molecule has 4 nitrogen and oxygen atoms in total. The molecule has 2 aliphatic rings. The number of piperidine rings is 2. The summed E-state index contributed by atoms with van der Waals surface area (Å²) in [6, 6.07) is 16.3. The van der Waals surface area contributed by atoms with Gasteiger partial charge in [0.25, 0.3) is 5.91 Å². The molecule has 4 heteroatoms. The van der Waals surface area contributed by atoms with E-state index in [4.69, 9.17) is 0 Å². The van der Waals surface area contributed by atoms with Gasteiger partial charge in [-0.2, -0.15) is 0 Å². The molecule has 0 spiro atoms. The van der Waals surface area contributed by atoms with Gasteiger partial charge in [0.1, 0.15) is 0 Å². The summed E-state index contributed by atoms with van der Waals surface area (Å²) in [5.41, 5.74) is 4.06. The number of likely N-dealkylation sites (tertiary alicyclic amines) is 1. The fourth-order valence-corrected chi connectivity index (χ4v) is 4.52. The topological polar surface area (TPSA) is 35.6 Å². The van der Waals surface area contributed by atoms with Gasteiger partial charge < -0.3 is 10.2 Å². The van der Waals surface area contributed by atoms with Crippen molar-refractivity contribution in [3.63, 3.8) is 0 Å². The minimum absolute atomic E-state index is 0.0437. The molecule has 1 amide bonds. The summed E-state index contributed by atoms with van der Waals surface area (Å²) >= 11 is 0. The number of anilines is 2. The number of amides is 1. The first kappa shape index (κ1) is 20.9. The zero-order valence-corrected chi connectivity index (χ0v) is 18.4. The van der Waals surface area contributed by atoms with Crippen molar-refractivity contribution in [2.75, 3.05) is 36.4 Å². The summed E-state index contributed by atoms with van der Waals surface area (Å²) in [7, 11) is 0. The number of nitrogens with one attached hydrogen (secondary N) is 1. The molecule has 0 atom stereocenters. The highest BCUT2D eigenvalue weighted by atomic mass is 16.1. The molecule has 2 heterocycles. The lowest BCUT2D eigenvalue weighted by molar-refractivity contribution is 0.102. The first-order valence-electron chi connectivity index (χ1n) is 11.5. The van der Waals surface area contributed by atoms with Gasteiger partial charge in [-0.05, 0) is 92.6 Å². The minimum Gasteiger partial charge on any atom is -0.372 e. The van der Waals surface area contributed by atoms with Crippen molar-refractivity contribution in [1.29, 1.82) is 0 Å². The third kappa shape index (κ3) is 5.42. The van der Waals surface area contributed by atoms with E-state index in [0.717, 1.165) is 37.2 Å². The molecule has 0 saturated carbocycles. The van der Waals surface area contributed by atoms with E-state index in [0.29, 0.717) is 5.56 Å². The van der Waals surface area contributed by atoms with E-state index < -0.39 is 0 Å². The summed E-state index contributed by atoms with van der Waals surface area (Å²) in [6.45, 7) is 10.2. The van der Waals surface area contributed by atoms with Crippen LogP contribution >= 0.6 is 0 Å². The van der Waals surface area contributed by atoms with Crippen LogP contribution in [-0.4, -0.2) is 37.0 Å². The Balaban J connectivity index is 1.34. The van der Waals surface area contributed by atoms with Crippen LogP contribution in [0.4, 0.5) is 11.4 Å². The van der Waals surface area contributed by atoms with Gasteiger partial charge in [0.15, 0.2) is 0 Å². The van der Waals surface area contributed by atoms with E-state index in [1.165, 1.54) is 50.0 Å². The van der Waals surface area contributed by atoms with Crippen LogP contribution in [-0.2, 0) is 6.54 Å². The Morgan fingerprint density at radius 1 is 0.900 bits per heavy atom. The zero-order chi connectivity index (χ0) is 20.9. The van der Waals surface area contributed by atoms with Crippen LogP contribution in [0.25, 0.3) is 0 Å². The van der Waals surface area contributed by atoms with Crippen molar-refractivity contribution in [1.82, 2.24) is 4.90 Å². The molecule has 0 unspecified atom stereocenters. The van der Waals surface area contributed by atoms with E-state index >= 15 is 0 Å². The lowest BCUT2D eigenvalue weighted by atomic mass is 9.98. The number of carbonyl (C=O) groups is 1. The number of rotatable bonds is 5. The summed E-state index contributed by atoms with van der Waals surface area (Å²) < 4.78 is 0. The summed E-state index contributed by atoms with van der Waals surface area (Å²) in [5, 5.41) is 3.08. The van der Waals surface area contributed by atoms with E-state index in [-0.39, 0.29) is 5.91 Å². The summed E-state index contributed by atoms with van der Waals surface area (Å²) in [5.74, 6) is 1.62. The fourth-order valence-electron chi connectivity index (χ4n) is 4.52. The van der Waals surface area contributed by atoms with Crippen molar-refractivity contribution in [2.45, 2.75) is 46.1 Å². The number of hydrogen-bond donors (Lipinski definition) is 1. The Labute approximate surface area is 181 Å². The molecule has 1 N–H and O–H groups in total. The maximum Gasteiger partial charge on any atom is 0.255 e. The summed E-state index contributed by atoms with van der Waals surface area (Å²) in [6.07, 6.45) is 5.05. The van der Waals surface area contributed by atoms with Crippen molar-refractivity contribution in [3.8, 4) is 0 Å². The molecule has 160 valence electrons. The van der Waals surface area contributed by atoms with E-state index in [9.17, 15) is 4.79 Å². The number of carbonyl (C=O) groups excluding carboxylic acids is 1. The highest BCUT2D eigenvalue weighted by molar-refractivity contribution is 6.04. The van der Waals surface area contributed by atoms with Crippen molar-refractivity contribution < 1.29 is 4.79 Å². The number of benzene rings is 2. The van der Waals surface area contributed by atoms with Gasteiger partial charge in [-0.15, -0.1) is 0 Å². The van der Waals surface area contributed by atoms with Gasteiger partial charge in [-0.3, -0.25) is 9.69 Å². The molecular formula is C26H35N3O. The summed E-state index contributed by atoms with van der Waals surface area (Å²) in [4.78, 5) is 17.7. The molecule has 2 fully saturated rings. The van der Waals surface area contributed by atoms with E-state index in [1.54, 1.807) is 0 Å². The van der Waals surface area contributed by atoms with Crippen LogP contribution in [0.15, 0.2) is 48.5 Å². The second-order valence-corrected chi connectivity index (χ2v) is 9.33. The lowest BCUT2D eigenvalue weighted by Gasteiger charge is -2.32. The van der Waals surface area contributed by atoms with Gasteiger partial charge in [-0.1, -0.05) is 26.0 Å². The molecule has 0 aliphatic carbocycles. The zero-order valence-electron chi connectivity index (χ0n) is 18.4. The van der Waals surface area contributed by atoms with Crippen LogP contribution in [0.1, 0.15) is 55.5 Å². The highest BCUT2D eigenvalue weighted by Gasteiger charge is 2.17. The van der Waals surface area contributed by atoms with Gasteiger partial charge in [-0.25, -0.2) is 0 Å². The molecule has 0 bridgehead atoms. The van der Waals surface area contributed by atoms with Crippen molar-refractivity contribution in [2.24, 2.45) is 11.8 Å². The molecule has 2 saturated heterocycles. The maximum absolute atomic E-state index is 12.7. The van der Waals surface area contributed by atoms with Gasteiger partial charge in [0, 0.05) is 36.6 Å². The van der Waals surface area contributed by atoms with E-state index in [2.05, 4.69) is 53.2 Å². The molecule has 2 aromatic rings. The van der Waals surface area contributed by atoms with Crippen LogP contribution in [0, 0.1) is 11.8 Å². The standard InChI is InChI=1S/C26H35N3O/c1-20-10-14-28(15-11-20)19-22-4-3-5-24(18-22)27-26(30)23-6-8-25(9-7-23)29-16-12-21(2)13-17-29/h3-9,18,20-21H,10-17,19H2,1-2H3,(H,27,30). The van der Waals surface area contributed by atoms with Crippen molar-refractivity contribution >= 4 is 17.3 Å². The lowest BCUT2D eigenvalue weighted by Crippen LogP contribution is -2.32. The molecule has 0 aromatic heterocycles. The SMILES string of the molecule is CC1CCN(Cc2cccc(NC(=O)c3ccc(N4CCC(C)CC4)cc3)c2)CC1. The molecule has 2 aromatic carbocycles. The molecular weight excluding hydrogens is 370 g/mol. The Morgan fingerprint density at radius 2 is 1.53 bits per heavy atom. The predicted octanol–water partition coefficient (Wildman–Crippen LogP) is 5.41. The molecule has 0 radical (unpaired) electrons. The van der Waals surface area contributed by atoms with E-state index in [1.807, 2.05) is 24.3 Å². The number of nitrogens with zero attached hydrogens (tertiary/aromatic N) is 2. The average Bonchev–Trinajstić information content (AvgIpc) is 2.76. The largest absolute Gasteiger partial charge is 0.372 e. The first-order valence-corrected chi connectivity index (χ1v) is 11.5. The third-order valence-corrected chi connectivity index (χ3v) is 6.75. The normalized spacial score (nSPS) is 19.1. The quantitative estimate of drug-likeness (QED) is 0.723. The second kappa shape index (κ2) is 9.65. The third-order valence-electron chi connectivity index (χ3n) is 6.75. The van der Waals surface area contributed by atoms with Gasteiger partial charge in [0.2, 0.25) is 0 Å². The van der Waals surface area contributed by atoms with Crippen molar-refractivity contribution in [3.05, 3.63) is 59.7 Å². The first-order chi connectivity index (χ1) is 14.6. The highest BCUT2D eigenvalue weighted by Crippen LogP contribution is 2.24. The molecule has 2 aliphatic heterocycles. The smallest absolute Gasteiger partial charge is 0.255 e. The Morgan fingerprint density at radius 3 is 2.20 bits per heavy atom. The second-order valence-electron chi connectivity index (χ2n) is 9.33. The average molecular weight is 406 g/mol. The van der Waals surface area contributed by atoms with Crippen LogP contribution < -0.4 is 10.2 Å². The van der Waals surface area contributed by atoms with Crippen LogP contribution in [0.5, 0.6) is 0 Å². The molecule has 30 heavy (non-hydrogen) atoms. The number of hydrogen-bond acceptors (Lipinski definition) is 3. The Hall–Kier alpha value is -2.33. The fraction of sp³-hybridized carbons (Fsp3) is 0.500. The van der Waals surface area contributed by atoms with Crippen LogP contribution in [0.2, 0.25) is 0 Å². The monoisotopic (exact) mass is 405 g/mol. The Kier molecular flexibility index (Phi) is 6.73. The maximum atomic E-state index is 12.7. The minimum atomic E-state index is -0.0437. The van der Waals surface area contributed by atoms with Crippen LogP contribution in [0.3, 0.4) is 0 Å². The predicted molar refractivity (Wildman–Crippen MR) is 125 cm³/mol.